The summed E-state index contributed by atoms with van der Waals surface area (Å²) in [4.78, 5) is 20.8. The van der Waals surface area contributed by atoms with E-state index in [1.54, 1.807) is 7.11 Å². The van der Waals surface area contributed by atoms with Crippen LogP contribution in [0.5, 0.6) is 5.75 Å². The Morgan fingerprint density at radius 3 is 2.62 bits per heavy atom. The van der Waals surface area contributed by atoms with Crippen LogP contribution in [0.2, 0.25) is 0 Å². The van der Waals surface area contributed by atoms with Crippen molar-refractivity contribution in [3.63, 3.8) is 0 Å². The van der Waals surface area contributed by atoms with Crippen LogP contribution in [-0.2, 0) is 23.4 Å². The highest BCUT2D eigenvalue weighted by Crippen LogP contribution is 2.41. The molecule has 1 amide bonds. The summed E-state index contributed by atoms with van der Waals surface area (Å²) in [5.74, 6) is 3.15. The molecular formula is C33H40N4O4S. The molecule has 7 rings (SSSR count). The molecule has 0 bridgehead atoms. The van der Waals surface area contributed by atoms with Crippen LogP contribution in [0.3, 0.4) is 0 Å². The summed E-state index contributed by atoms with van der Waals surface area (Å²) in [5.41, 5.74) is 5.48. The normalized spacial score (nSPS) is 22.3. The average Bonchev–Trinajstić information content (AvgIpc) is 3.51. The zero-order chi connectivity index (χ0) is 29.2. The van der Waals surface area contributed by atoms with E-state index in [9.17, 15) is 13.2 Å². The molecule has 0 radical (unpaired) electrons. The number of nitrogens with zero attached hydrogens (tertiary/aromatic N) is 4. The number of piperidine rings is 1. The summed E-state index contributed by atoms with van der Waals surface area (Å²) in [5, 5.41) is 1.11. The second kappa shape index (κ2) is 10.4. The smallest absolute Gasteiger partial charge is 0.254 e. The van der Waals surface area contributed by atoms with E-state index >= 15 is 0 Å². The lowest BCUT2D eigenvalue weighted by Gasteiger charge is -2.32. The number of benzene rings is 2. The molecule has 42 heavy (non-hydrogen) atoms. The van der Waals surface area contributed by atoms with Gasteiger partial charge in [0.15, 0.2) is 15.7 Å². The number of hydrogen-bond acceptors (Lipinski definition) is 5. The topological polar surface area (TPSA) is 86.4 Å². The van der Waals surface area contributed by atoms with Gasteiger partial charge < -0.3 is 18.8 Å². The number of carbonyl (C=O) groups is 1. The van der Waals surface area contributed by atoms with Crippen LogP contribution >= 0.6 is 0 Å². The van der Waals surface area contributed by atoms with Crippen LogP contribution in [0.4, 0.5) is 0 Å². The number of para-hydroxylation sites is 1. The maximum atomic E-state index is 13.6. The molecule has 3 aliphatic rings. The maximum absolute atomic E-state index is 13.6. The standard InChI is InChI=1S/C33H40N4O4S/c1-4-21-7-6-13-36(18-21)33(38)25-15-27-31(29(17-25)41-3)35(2)32(34-27)28-16-23-8-5-9-26(24-12-14-42(39,40)20-24)30(23)37(28)19-22-10-11-22/h5,8-9,15-17,21-22,24H,4,6-7,10-14,18-20H2,1-3H3/t21-,24?/m1/s1. The Balaban J connectivity index is 1.35. The zero-order valence-electron chi connectivity index (χ0n) is 24.8. The number of amides is 1. The third-order valence-corrected chi connectivity index (χ3v) is 11.5. The Bertz CT molecular complexity index is 1800. The predicted octanol–water partition coefficient (Wildman–Crippen LogP) is 5.78. The minimum Gasteiger partial charge on any atom is -0.494 e. The minimum atomic E-state index is -3.01. The number of fused-ring (bicyclic) bond motifs is 2. The number of imidazole rings is 1. The molecule has 2 aromatic heterocycles. The lowest BCUT2D eigenvalue weighted by Crippen LogP contribution is -2.39. The Hall–Kier alpha value is -3.33. The molecule has 2 saturated heterocycles. The SMILES string of the molecule is CC[C@@H]1CCCN(C(=O)c2cc(OC)c3c(c2)nc(-c2cc4cccc(C5CCS(=O)(=O)C5)c4n2CC2CC2)n3C)C1. The van der Waals surface area contributed by atoms with Gasteiger partial charge in [-0.2, -0.15) is 0 Å². The van der Waals surface area contributed by atoms with Crippen LogP contribution < -0.4 is 4.74 Å². The summed E-state index contributed by atoms with van der Waals surface area (Å²) in [6.07, 6.45) is 6.38. The molecule has 2 aliphatic heterocycles. The zero-order valence-corrected chi connectivity index (χ0v) is 25.6. The lowest BCUT2D eigenvalue weighted by molar-refractivity contribution is 0.0671. The molecular weight excluding hydrogens is 548 g/mol. The van der Waals surface area contributed by atoms with Gasteiger partial charge in [0.2, 0.25) is 0 Å². The Kier molecular flexibility index (Phi) is 6.83. The number of aromatic nitrogens is 3. The second-order valence-electron chi connectivity index (χ2n) is 12.7. The number of methoxy groups -OCH3 is 1. The summed E-state index contributed by atoms with van der Waals surface area (Å²) >= 11 is 0. The van der Waals surface area contributed by atoms with Crippen molar-refractivity contribution in [2.24, 2.45) is 18.9 Å². The third kappa shape index (κ3) is 4.79. The average molecular weight is 589 g/mol. The van der Waals surface area contributed by atoms with Gasteiger partial charge in [-0.25, -0.2) is 13.4 Å². The maximum Gasteiger partial charge on any atom is 0.254 e. The second-order valence-corrected chi connectivity index (χ2v) is 14.9. The van der Waals surface area contributed by atoms with Crippen molar-refractivity contribution in [1.29, 1.82) is 0 Å². The summed E-state index contributed by atoms with van der Waals surface area (Å²) < 4.78 is 35.1. The fraction of sp³-hybridized carbons (Fsp3) is 0.515. The number of carbonyl (C=O) groups excluding carboxylic acids is 1. The highest BCUT2D eigenvalue weighted by atomic mass is 32.2. The first-order valence-electron chi connectivity index (χ1n) is 15.4. The van der Waals surface area contributed by atoms with Crippen molar-refractivity contribution >= 4 is 37.7 Å². The highest BCUT2D eigenvalue weighted by molar-refractivity contribution is 7.91. The van der Waals surface area contributed by atoms with Gasteiger partial charge in [-0.3, -0.25) is 4.79 Å². The number of aryl methyl sites for hydroxylation is 1. The van der Waals surface area contributed by atoms with Gasteiger partial charge in [-0.15, -0.1) is 0 Å². The van der Waals surface area contributed by atoms with Gasteiger partial charge >= 0.3 is 0 Å². The molecule has 8 nitrogen and oxygen atoms in total. The predicted molar refractivity (Wildman–Crippen MR) is 166 cm³/mol. The third-order valence-electron chi connectivity index (χ3n) is 9.78. The van der Waals surface area contributed by atoms with E-state index in [0.717, 1.165) is 71.5 Å². The fourth-order valence-corrected chi connectivity index (χ4v) is 9.01. The van der Waals surface area contributed by atoms with Gasteiger partial charge in [-0.05, 0) is 67.7 Å². The molecule has 2 aromatic carbocycles. The fourth-order valence-electron chi connectivity index (χ4n) is 7.24. The first-order chi connectivity index (χ1) is 20.3. The van der Waals surface area contributed by atoms with Crippen molar-refractivity contribution in [2.75, 3.05) is 31.7 Å². The molecule has 9 heteroatoms. The molecule has 0 N–H and O–H groups in total. The van der Waals surface area contributed by atoms with Crippen LogP contribution in [0.1, 0.15) is 67.3 Å². The van der Waals surface area contributed by atoms with E-state index in [2.05, 4.69) is 34.3 Å². The van der Waals surface area contributed by atoms with Crippen LogP contribution in [0.25, 0.3) is 33.5 Å². The number of rotatable bonds is 7. The molecule has 1 aliphatic carbocycles. The number of ether oxygens (including phenoxy) is 1. The molecule has 2 atom stereocenters. The molecule has 1 unspecified atom stereocenters. The first-order valence-corrected chi connectivity index (χ1v) is 17.2. The highest BCUT2D eigenvalue weighted by Gasteiger charge is 2.33. The molecule has 0 spiro atoms. The van der Waals surface area contributed by atoms with E-state index in [0.29, 0.717) is 29.6 Å². The van der Waals surface area contributed by atoms with Crippen molar-refractivity contribution in [3.8, 4) is 17.3 Å². The van der Waals surface area contributed by atoms with E-state index in [1.807, 2.05) is 30.1 Å². The quantitative estimate of drug-likeness (QED) is 0.273. The van der Waals surface area contributed by atoms with Crippen LogP contribution in [0, 0.1) is 11.8 Å². The summed E-state index contributed by atoms with van der Waals surface area (Å²) in [6, 6.07) is 12.3. The minimum absolute atomic E-state index is 0.00982. The van der Waals surface area contributed by atoms with Crippen molar-refractivity contribution < 1.29 is 17.9 Å². The van der Waals surface area contributed by atoms with E-state index < -0.39 is 9.84 Å². The molecule has 222 valence electrons. The summed E-state index contributed by atoms with van der Waals surface area (Å²) in [7, 11) is 0.650. The Morgan fingerprint density at radius 1 is 1.07 bits per heavy atom. The van der Waals surface area contributed by atoms with Crippen molar-refractivity contribution in [3.05, 3.63) is 47.5 Å². The van der Waals surface area contributed by atoms with Crippen molar-refractivity contribution in [1.82, 2.24) is 19.0 Å². The van der Waals surface area contributed by atoms with E-state index in [-0.39, 0.29) is 23.3 Å². The largest absolute Gasteiger partial charge is 0.494 e. The van der Waals surface area contributed by atoms with Crippen molar-refractivity contribution in [2.45, 2.75) is 57.9 Å². The van der Waals surface area contributed by atoms with Crippen LogP contribution in [-0.4, -0.2) is 65.0 Å². The molecule has 4 heterocycles. The van der Waals surface area contributed by atoms with Gasteiger partial charge in [0.1, 0.15) is 11.3 Å². The molecule has 4 aromatic rings. The monoisotopic (exact) mass is 588 g/mol. The van der Waals surface area contributed by atoms with Crippen LogP contribution in [0.15, 0.2) is 36.4 Å². The first kappa shape index (κ1) is 27.5. The molecule has 3 fully saturated rings. The van der Waals surface area contributed by atoms with Gasteiger partial charge in [-0.1, -0.05) is 31.5 Å². The Labute approximate surface area is 247 Å². The van der Waals surface area contributed by atoms with E-state index in [1.165, 1.54) is 19.3 Å². The number of likely N-dealkylation sites (tertiary alicyclic amines) is 1. The molecule has 1 saturated carbocycles. The van der Waals surface area contributed by atoms with Gasteiger partial charge in [0.05, 0.1) is 35.3 Å². The number of sulfone groups is 1. The van der Waals surface area contributed by atoms with Gasteiger partial charge in [0.25, 0.3) is 5.91 Å². The summed E-state index contributed by atoms with van der Waals surface area (Å²) in [6.45, 7) is 4.67. The number of hydrogen-bond donors (Lipinski definition) is 0. The van der Waals surface area contributed by atoms with E-state index in [4.69, 9.17) is 9.72 Å². The van der Waals surface area contributed by atoms with Gasteiger partial charge in [0, 0.05) is 43.5 Å². The lowest BCUT2D eigenvalue weighted by atomic mass is 9.95. The Morgan fingerprint density at radius 2 is 1.90 bits per heavy atom.